The number of benzene rings is 2. The highest BCUT2D eigenvalue weighted by molar-refractivity contribution is 5.80. The van der Waals surface area contributed by atoms with Crippen molar-refractivity contribution in [1.82, 2.24) is 30.6 Å². The van der Waals surface area contributed by atoms with Crippen molar-refractivity contribution in [2.45, 2.75) is 6.42 Å². The predicted octanol–water partition coefficient (Wildman–Crippen LogP) is 2.85. The van der Waals surface area contributed by atoms with Crippen molar-refractivity contribution in [3.63, 3.8) is 0 Å². The van der Waals surface area contributed by atoms with Crippen LogP contribution in [0.4, 0.5) is 0 Å². The highest BCUT2D eigenvalue weighted by Gasteiger charge is 2.10. The monoisotopic (exact) mass is 302 g/mol. The molecule has 2 aromatic carbocycles. The van der Waals surface area contributed by atoms with Crippen LogP contribution in [-0.4, -0.2) is 30.6 Å². The number of H-pyrrole nitrogens is 2. The van der Waals surface area contributed by atoms with Crippen LogP contribution in [0.15, 0.2) is 60.9 Å². The van der Waals surface area contributed by atoms with Crippen LogP contribution in [0.3, 0.4) is 0 Å². The van der Waals surface area contributed by atoms with Crippen molar-refractivity contribution in [3.8, 4) is 22.5 Å². The molecule has 6 nitrogen and oxygen atoms in total. The van der Waals surface area contributed by atoms with E-state index in [1.807, 2.05) is 24.4 Å². The fourth-order valence-electron chi connectivity index (χ4n) is 2.60. The summed E-state index contributed by atoms with van der Waals surface area (Å²) < 4.78 is 0. The van der Waals surface area contributed by atoms with Crippen molar-refractivity contribution in [2.75, 3.05) is 0 Å². The van der Waals surface area contributed by atoms with Gasteiger partial charge in [0.2, 0.25) is 5.82 Å². The number of aromatic amines is 2. The number of imidazole rings is 1. The first-order chi connectivity index (χ1) is 11.4. The molecule has 0 aliphatic heterocycles. The molecule has 0 bridgehead atoms. The average Bonchev–Trinajstić information content (AvgIpc) is 3.29. The SMILES string of the molecule is c1ccc(-c2nn[nH]n2)c(-c2ccc(Cc3ncc[nH]3)cc2)c1. The maximum absolute atomic E-state index is 4.26. The van der Waals surface area contributed by atoms with Gasteiger partial charge in [0.05, 0.1) is 0 Å². The molecule has 0 fully saturated rings. The van der Waals surface area contributed by atoms with Crippen molar-refractivity contribution < 1.29 is 0 Å². The third kappa shape index (κ3) is 2.74. The summed E-state index contributed by atoms with van der Waals surface area (Å²) in [6.45, 7) is 0. The summed E-state index contributed by atoms with van der Waals surface area (Å²) in [7, 11) is 0. The fourth-order valence-corrected chi connectivity index (χ4v) is 2.60. The Bertz CT molecular complexity index is 879. The first kappa shape index (κ1) is 13.4. The summed E-state index contributed by atoms with van der Waals surface area (Å²) in [4.78, 5) is 7.38. The Morgan fingerprint density at radius 2 is 1.74 bits per heavy atom. The first-order valence-corrected chi connectivity index (χ1v) is 7.30. The Morgan fingerprint density at radius 3 is 2.43 bits per heavy atom. The Morgan fingerprint density at radius 1 is 0.913 bits per heavy atom. The smallest absolute Gasteiger partial charge is 0.205 e. The Hall–Kier alpha value is -3.28. The molecule has 0 unspecified atom stereocenters. The number of hydrogen-bond acceptors (Lipinski definition) is 4. The van der Waals surface area contributed by atoms with Gasteiger partial charge < -0.3 is 4.98 Å². The van der Waals surface area contributed by atoms with Gasteiger partial charge in [-0.05, 0) is 21.9 Å². The lowest BCUT2D eigenvalue weighted by atomic mass is 9.98. The highest BCUT2D eigenvalue weighted by atomic mass is 15.5. The number of tetrazole rings is 1. The molecule has 0 atom stereocenters. The van der Waals surface area contributed by atoms with E-state index >= 15 is 0 Å². The van der Waals surface area contributed by atoms with Gasteiger partial charge in [-0.25, -0.2) is 4.98 Å². The van der Waals surface area contributed by atoms with Gasteiger partial charge in [-0.15, -0.1) is 10.2 Å². The molecule has 112 valence electrons. The molecule has 4 aromatic rings. The molecule has 0 saturated carbocycles. The summed E-state index contributed by atoms with van der Waals surface area (Å²) in [5.41, 5.74) is 4.37. The van der Waals surface area contributed by atoms with Crippen LogP contribution in [0, 0.1) is 0 Å². The minimum atomic E-state index is 0.597. The second-order valence-electron chi connectivity index (χ2n) is 5.19. The Kier molecular flexibility index (Phi) is 3.40. The van der Waals surface area contributed by atoms with Gasteiger partial charge in [0, 0.05) is 24.4 Å². The molecular formula is C17H14N6. The molecular weight excluding hydrogens is 288 g/mol. The van der Waals surface area contributed by atoms with Gasteiger partial charge in [0.1, 0.15) is 5.82 Å². The number of rotatable bonds is 4. The van der Waals surface area contributed by atoms with Crippen LogP contribution < -0.4 is 0 Å². The number of nitrogens with zero attached hydrogens (tertiary/aromatic N) is 4. The molecule has 2 heterocycles. The van der Waals surface area contributed by atoms with Gasteiger partial charge in [-0.2, -0.15) is 5.21 Å². The zero-order valence-corrected chi connectivity index (χ0v) is 12.3. The summed E-state index contributed by atoms with van der Waals surface area (Å²) in [6, 6.07) is 16.5. The lowest BCUT2D eigenvalue weighted by Gasteiger charge is -2.07. The van der Waals surface area contributed by atoms with Crippen LogP contribution in [0.2, 0.25) is 0 Å². The van der Waals surface area contributed by atoms with E-state index in [0.717, 1.165) is 28.9 Å². The van der Waals surface area contributed by atoms with Crippen molar-refractivity contribution >= 4 is 0 Å². The van der Waals surface area contributed by atoms with E-state index in [1.54, 1.807) is 6.20 Å². The minimum Gasteiger partial charge on any atom is -0.348 e. The minimum absolute atomic E-state index is 0.597. The molecule has 0 amide bonds. The number of hydrogen-bond donors (Lipinski definition) is 2. The standard InChI is InChI=1S/C17H14N6/c1-2-4-15(17-20-22-23-21-17)14(3-1)13-7-5-12(6-8-13)11-16-18-9-10-19-16/h1-10H,11H2,(H,18,19)(H,20,21,22,23). The van der Waals surface area contributed by atoms with Crippen molar-refractivity contribution in [2.24, 2.45) is 0 Å². The second kappa shape index (κ2) is 5.84. The Balaban J connectivity index is 1.66. The average molecular weight is 302 g/mol. The third-order valence-electron chi connectivity index (χ3n) is 3.70. The topological polar surface area (TPSA) is 83.1 Å². The normalized spacial score (nSPS) is 10.8. The van der Waals surface area contributed by atoms with Crippen molar-refractivity contribution in [1.29, 1.82) is 0 Å². The largest absolute Gasteiger partial charge is 0.348 e. The van der Waals surface area contributed by atoms with E-state index in [-0.39, 0.29) is 0 Å². The molecule has 23 heavy (non-hydrogen) atoms. The van der Waals surface area contributed by atoms with E-state index in [9.17, 15) is 0 Å². The van der Waals surface area contributed by atoms with Crippen LogP contribution in [0.5, 0.6) is 0 Å². The van der Waals surface area contributed by atoms with Crippen LogP contribution in [-0.2, 0) is 6.42 Å². The van der Waals surface area contributed by atoms with E-state index in [0.29, 0.717) is 5.82 Å². The predicted molar refractivity (Wildman–Crippen MR) is 86.4 cm³/mol. The van der Waals surface area contributed by atoms with Crippen LogP contribution in [0.1, 0.15) is 11.4 Å². The molecule has 2 aromatic heterocycles. The highest BCUT2D eigenvalue weighted by Crippen LogP contribution is 2.29. The fraction of sp³-hybridized carbons (Fsp3) is 0.0588. The zero-order valence-electron chi connectivity index (χ0n) is 12.3. The third-order valence-corrected chi connectivity index (χ3v) is 3.70. The first-order valence-electron chi connectivity index (χ1n) is 7.30. The maximum atomic E-state index is 4.26. The van der Waals surface area contributed by atoms with Gasteiger partial charge in [-0.3, -0.25) is 0 Å². The summed E-state index contributed by atoms with van der Waals surface area (Å²) in [5.74, 6) is 1.56. The molecule has 0 saturated heterocycles. The number of nitrogens with one attached hydrogen (secondary N) is 2. The lowest BCUT2D eigenvalue weighted by Crippen LogP contribution is -1.91. The van der Waals surface area contributed by atoms with Gasteiger partial charge in [0.25, 0.3) is 0 Å². The lowest BCUT2D eigenvalue weighted by molar-refractivity contribution is 0.881. The van der Waals surface area contributed by atoms with Crippen LogP contribution >= 0.6 is 0 Å². The van der Waals surface area contributed by atoms with Crippen LogP contribution in [0.25, 0.3) is 22.5 Å². The number of aromatic nitrogens is 6. The van der Waals surface area contributed by atoms with Gasteiger partial charge in [-0.1, -0.05) is 48.5 Å². The van der Waals surface area contributed by atoms with Gasteiger partial charge in [0.15, 0.2) is 0 Å². The summed E-state index contributed by atoms with van der Waals surface area (Å²) in [5, 5.41) is 14.3. The van der Waals surface area contributed by atoms with Gasteiger partial charge >= 0.3 is 0 Å². The molecule has 0 aliphatic rings. The molecule has 2 N–H and O–H groups in total. The van der Waals surface area contributed by atoms with Crippen molar-refractivity contribution in [3.05, 3.63) is 72.3 Å². The van der Waals surface area contributed by atoms with E-state index in [1.165, 1.54) is 5.56 Å². The summed E-state index contributed by atoms with van der Waals surface area (Å²) >= 11 is 0. The second-order valence-corrected chi connectivity index (χ2v) is 5.19. The maximum Gasteiger partial charge on any atom is 0.205 e. The zero-order chi connectivity index (χ0) is 15.5. The van der Waals surface area contributed by atoms with E-state index in [4.69, 9.17) is 0 Å². The molecule has 0 spiro atoms. The molecule has 0 aliphatic carbocycles. The molecule has 4 rings (SSSR count). The quantitative estimate of drug-likeness (QED) is 0.607. The Labute approximate surface area is 132 Å². The molecule has 6 heteroatoms. The van der Waals surface area contributed by atoms with E-state index < -0.39 is 0 Å². The molecule has 0 radical (unpaired) electrons. The summed E-state index contributed by atoms with van der Waals surface area (Å²) in [6.07, 6.45) is 4.40. The van der Waals surface area contributed by atoms with E-state index in [2.05, 4.69) is 60.9 Å².